The molecule has 0 radical (unpaired) electrons. The second-order valence-corrected chi connectivity index (χ2v) is 4.35. The highest BCUT2D eigenvalue weighted by molar-refractivity contribution is 6.34. The Bertz CT molecular complexity index is 517. The first kappa shape index (κ1) is 12.7. The number of halogens is 1. The third-order valence-corrected chi connectivity index (χ3v) is 2.69. The molecule has 0 spiro atoms. The molecule has 4 N–H and O–H groups in total. The van der Waals surface area contributed by atoms with Crippen LogP contribution in [0.5, 0.6) is 5.75 Å². The number of hydrogen-bond acceptors (Lipinski definition) is 4. The van der Waals surface area contributed by atoms with Gasteiger partial charge in [-0.3, -0.25) is 9.59 Å². The number of carbonyl (C=O) groups excluding carboxylic acids is 2. The number of fused-ring (bicyclic) bond motifs is 1. The number of rotatable bonds is 2. The van der Waals surface area contributed by atoms with Crippen molar-refractivity contribution in [1.82, 2.24) is 0 Å². The number of carbonyl (C=O) groups is 2. The first-order valence-electron chi connectivity index (χ1n) is 5.30. The summed E-state index contributed by atoms with van der Waals surface area (Å²) in [6.07, 6.45) is 0. The number of ether oxygens (including phenoxy) is 1. The zero-order chi connectivity index (χ0) is 13.3. The van der Waals surface area contributed by atoms with Crippen molar-refractivity contribution < 1.29 is 14.3 Å². The van der Waals surface area contributed by atoms with Crippen molar-refractivity contribution in [1.29, 1.82) is 0 Å². The minimum absolute atomic E-state index is 0.0602. The van der Waals surface area contributed by atoms with Crippen molar-refractivity contribution in [3.8, 4) is 5.75 Å². The topological polar surface area (TPSA) is 93.5 Å². The maximum absolute atomic E-state index is 11.5. The maximum Gasteiger partial charge on any atom is 0.262 e. The standard InChI is InChI=1S/C11H12ClN3O3/c1-5(13)11(17)15-7-3-9-8(2-6(7)12)14-10(16)4-18-9/h2-3,5H,4,13H2,1H3,(H,14,16)(H,15,17). The van der Waals surface area contributed by atoms with E-state index >= 15 is 0 Å². The fourth-order valence-corrected chi connectivity index (χ4v) is 1.65. The smallest absolute Gasteiger partial charge is 0.262 e. The van der Waals surface area contributed by atoms with Crippen molar-refractivity contribution in [3.05, 3.63) is 17.2 Å². The molecule has 0 saturated carbocycles. The molecule has 0 saturated heterocycles. The molecule has 7 heteroatoms. The van der Waals surface area contributed by atoms with Crippen LogP contribution in [0.3, 0.4) is 0 Å². The average molecular weight is 270 g/mol. The van der Waals surface area contributed by atoms with Gasteiger partial charge in [-0.25, -0.2) is 0 Å². The van der Waals surface area contributed by atoms with Gasteiger partial charge in [0, 0.05) is 6.07 Å². The van der Waals surface area contributed by atoms with Crippen LogP contribution in [-0.4, -0.2) is 24.5 Å². The number of benzene rings is 1. The van der Waals surface area contributed by atoms with Crippen LogP contribution in [0.4, 0.5) is 11.4 Å². The Morgan fingerprint density at radius 3 is 3.00 bits per heavy atom. The van der Waals surface area contributed by atoms with Gasteiger partial charge in [0.2, 0.25) is 5.91 Å². The van der Waals surface area contributed by atoms with E-state index in [1.807, 2.05) is 0 Å². The van der Waals surface area contributed by atoms with Crippen LogP contribution in [0.25, 0.3) is 0 Å². The number of nitrogens with two attached hydrogens (primary N) is 1. The van der Waals surface area contributed by atoms with Crippen LogP contribution in [0.1, 0.15) is 6.92 Å². The molecule has 1 unspecified atom stereocenters. The zero-order valence-corrected chi connectivity index (χ0v) is 10.4. The van der Waals surface area contributed by atoms with Gasteiger partial charge in [-0.1, -0.05) is 11.6 Å². The minimum Gasteiger partial charge on any atom is -0.482 e. The number of nitrogens with one attached hydrogen (secondary N) is 2. The van der Waals surface area contributed by atoms with E-state index in [1.54, 1.807) is 13.0 Å². The molecule has 0 fully saturated rings. The number of amides is 2. The van der Waals surface area contributed by atoms with Gasteiger partial charge < -0.3 is 21.1 Å². The Morgan fingerprint density at radius 2 is 2.33 bits per heavy atom. The lowest BCUT2D eigenvalue weighted by atomic mass is 10.2. The molecule has 18 heavy (non-hydrogen) atoms. The molecule has 0 bridgehead atoms. The van der Waals surface area contributed by atoms with Crippen LogP contribution in [0.15, 0.2) is 12.1 Å². The molecule has 1 heterocycles. The molecule has 1 aliphatic rings. The highest BCUT2D eigenvalue weighted by Gasteiger charge is 2.19. The summed E-state index contributed by atoms with van der Waals surface area (Å²) in [7, 11) is 0. The highest BCUT2D eigenvalue weighted by Crippen LogP contribution is 2.36. The molecule has 1 aliphatic heterocycles. The predicted octanol–water partition coefficient (Wildman–Crippen LogP) is 0.957. The fraction of sp³-hybridized carbons (Fsp3) is 0.273. The Balaban J connectivity index is 2.28. The number of anilines is 2. The third kappa shape index (κ3) is 2.55. The van der Waals surface area contributed by atoms with E-state index in [9.17, 15) is 9.59 Å². The quantitative estimate of drug-likeness (QED) is 0.745. The molecule has 2 amide bonds. The second-order valence-electron chi connectivity index (χ2n) is 3.94. The van der Waals surface area contributed by atoms with Crippen LogP contribution >= 0.6 is 11.6 Å². The largest absolute Gasteiger partial charge is 0.482 e. The molecule has 0 aliphatic carbocycles. The maximum atomic E-state index is 11.5. The van der Waals surface area contributed by atoms with Gasteiger partial charge in [-0.2, -0.15) is 0 Å². The third-order valence-electron chi connectivity index (χ3n) is 2.37. The first-order chi connectivity index (χ1) is 8.47. The van der Waals surface area contributed by atoms with Crippen molar-refractivity contribution in [3.63, 3.8) is 0 Å². The van der Waals surface area contributed by atoms with Gasteiger partial charge >= 0.3 is 0 Å². The van der Waals surface area contributed by atoms with Crippen LogP contribution in [0.2, 0.25) is 5.02 Å². The summed E-state index contributed by atoms with van der Waals surface area (Å²) < 4.78 is 5.22. The minimum atomic E-state index is -0.641. The van der Waals surface area contributed by atoms with Gasteiger partial charge in [0.25, 0.3) is 5.91 Å². The fourth-order valence-electron chi connectivity index (χ4n) is 1.44. The van der Waals surface area contributed by atoms with E-state index in [0.29, 0.717) is 22.1 Å². The molecule has 1 aromatic carbocycles. The van der Waals surface area contributed by atoms with E-state index in [0.717, 1.165) is 0 Å². The zero-order valence-electron chi connectivity index (χ0n) is 9.62. The van der Waals surface area contributed by atoms with Crippen LogP contribution < -0.4 is 21.1 Å². The monoisotopic (exact) mass is 269 g/mol. The molecular weight excluding hydrogens is 258 g/mol. The molecule has 0 aromatic heterocycles. The normalized spacial score (nSPS) is 15.2. The van der Waals surface area contributed by atoms with Gasteiger partial charge in [-0.05, 0) is 13.0 Å². The Labute approximate surface area is 108 Å². The number of hydrogen-bond donors (Lipinski definition) is 3. The van der Waals surface area contributed by atoms with Gasteiger partial charge in [0.15, 0.2) is 6.61 Å². The Kier molecular flexibility index (Phi) is 3.40. The van der Waals surface area contributed by atoms with E-state index in [1.165, 1.54) is 6.07 Å². The van der Waals surface area contributed by atoms with Crippen LogP contribution in [-0.2, 0) is 9.59 Å². The van der Waals surface area contributed by atoms with Gasteiger partial charge in [-0.15, -0.1) is 0 Å². The molecule has 6 nitrogen and oxygen atoms in total. The van der Waals surface area contributed by atoms with Crippen LogP contribution in [0, 0.1) is 0 Å². The van der Waals surface area contributed by atoms with Gasteiger partial charge in [0.05, 0.1) is 22.4 Å². The van der Waals surface area contributed by atoms with E-state index in [4.69, 9.17) is 22.1 Å². The van der Waals surface area contributed by atoms with E-state index in [-0.39, 0.29) is 18.4 Å². The summed E-state index contributed by atoms with van der Waals surface area (Å²) in [4.78, 5) is 22.6. The van der Waals surface area contributed by atoms with Gasteiger partial charge in [0.1, 0.15) is 5.75 Å². The summed E-state index contributed by atoms with van der Waals surface area (Å²) in [5.74, 6) is -0.137. The van der Waals surface area contributed by atoms with Crippen molar-refractivity contribution >= 4 is 34.8 Å². The summed E-state index contributed by atoms with van der Waals surface area (Å²) in [5, 5.41) is 5.50. The molecular formula is C11H12ClN3O3. The Morgan fingerprint density at radius 1 is 1.61 bits per heavy atom. The lowest BCUT2D eigenvalue weighted by Gasteiger charge is -2.20. The molecule has 2 rings (SSSR count). The average Bonchev–Trinajstić information content (AvgIpc) is 2.30. The molecule has 1 atom stereocenters. The predicted molar refractivity (Wildman–Crippen MR) is 67.9 cm³/mol. The second kappa shape index (κ2) is 4.83. The van der Waals surface area contributed by atoms with Crippen molar-refractivity contribution in [2.45, 2.75) is 13.0 Å². The summed E-state index contributed by atoms with van der Waals surface area (Å²) in [6, 6.07) is 2.43. The molecule has 1 aromatic rings. The highest BCUT2D eigenvalue weighted by atomic mass is 35.5. The van der Waals surface area contributed by atoms with E-state index < -0.39 is 6.04 Å². The lowest BCUT2D eigenvalue weighted by molar-refractivity contribution is -0.119. The lowest BCUT2D eigenvalue weighted by Crippen LogP contribution is -2.32. The van der Waals surface area contributed by atoms with Crippen molar-refractivity contribution in [2.24, 2.45) is 5.73 Å². The van der Waals surface area contributed by atoms with Crippen molar-refractivity contribution in [2.75, 3.05) is 17.2 Å². The summed E-state index contributed by atoms with van der Waals surface area (Å²) >= 11 is 6.00. The SMILES string of the molecule is CC(N)C(=O)Nc1cc2c(cc1Cl)NC(=O)CO2. The summed E-state index contributed by atoms with van der Waals surface area (Å²) in [6.45, 7) is 1.51. The summed E-state index contributed by atoms with van der Waals surface area (Å²) in [5.41, 5.74) is 6.33. The Hall–Kier alpha value is -1.79. The van der Waals surface area contributed by atoms with E-state index in [2.05, 4.69) is 10.6 Å². The molecule has 96 valence electrons. The first-order valence-corrected chi connectivity index (χ1v) is 5.68.